The maximum Gasteiger partial charge on any atom is 0.0625 e. The monoisotopic (exact) mass is 286 g/mol. The van der Waals surface area contributed by atoms with E-state index in [-0.39, 0.29) is 6.04 Å². The first-order valence-electron chi connectivity index (χ1n) is 7.85. The van der Waals surface area contributed by atoms with Gasteiger partial charge in [0.15, 0.2) is 0 Å². The SMILES string of the molecule is CCCNC(c1cnn(CCC)c1)c1ccc(C)nc1C. The van der Waals surface area contributed by atoms with Crippen LogP contribution in [0.4, 0.5) is 0 Å². The molecule has 0 saturated carbocycles. The molecule has 4 nitrogen and oxygen atoms in total. The summed E-state index contributed by atoms with van der Waals surface area (Å²) >= 11 is 0. The Morgan fingerprint density at radius 1 is 1.19 bits per heavy atom. The van der Waals surface area contributed by atoms with Gasteiger partial charge in [0.1, 0.15) is 0 Å². The minimum atomic E-state index is 0.170. The average Bonchev–Trinajstić information content (AvgIpc) is 2.90. The van der Waals surface area contributed by atoms with Gasteiger partial charge in [-0.05, 0) is 44.9 Å². The standard InChI is InChI=1S/C17H26N4/c1-5-9-18-17(15-11-19-21(12-15)10-6-2)16-8-7-13(3)20-14(16)4/h7-8,11-12,17-18H,5-6,9-10H2,1-4H3. The molecule has 0 amide bonds. The van der Waals surface area contributed by atoms with E-state index in [1.807, 2.05) is 17.8 Å². The number of nitrogens with one attached hydrogen (secondary N) is 1. The van der Waals surface area contributed by atoms with Crippen molar-refractivity contribution in [3.63, 3.8) is 0 Å². The molecule has 0 spiro atoms. The van der Waals surface area contributed by atoms with E-state index in [2.05, 4.69) is 54.5 Å². The smallest absolute Gasteiger partial charge is 0.0625 e. The summed E-state index contributed by atoms with van der Waals surface area (Å²) in [7, 11) is 0. The van der Waals surface area contributed by atoms with E-state index in [1.54, 1.807) is 0 Å². The van der Waals surface area contributed by atoms with E-state index in [0.717, 1.165) is 37.3 Å². The van der Waals surface area contributed by atoms with Crippen LogP contribution in [0.5, 0.6) is 0 Å². The molecular weight excluding hydrogens is 260 g/mol. The van der Waals surface area contributed by atoms with Gasteiger partial charge < -0.3 is 5.32 Å². The van der Waals surface area contributed by atoms with Gasteiger partial charge in [-0.3, -0.25) is 9.67 Å². The molecule has 114 valence electrons. The van der Waals surface area contributed by atoms with Crippen LogP contribution in [0.1, 0.15) is 55.2 Å². The Hall–Kier alpha value is -1.68. The molecular formula is C17H26N4. The zero-order valence-electron chi connectivity index (χ0n) is 13.6. The Bertz CT molecular complexity index is 574. The Balaban J connectivity index is 2.32. The zero-order valence-corrected chi connectivity index (χ0v) is 13.6. The first kappa shape index (κ1) is 15.7. The van der Waals surface area contributed by atoms with Crippen LogP contribution in [0, 0.1) is 13.8 Å². The Morgan fingerprint density at radius 2 is 2.00 bits per heavy atom. The van der Waals surface area contributed by atoms with Crippen LogP contribution >= 0.6 is 0 Å². The normalized spacial score (nSPS) is 12.6. The number of nitrogens with zero attached hydrogens (tertiary/aromatic N) is 3. The fourth-order valence-electron chi connectivity index (χ4n) is 2.58. The predicted octanol–water partition coefficient (Wildman–Crippen LogP) is 3.39. The largest absolute Gasteiger partial charge is 0.306 e. The van der Waals surface area contributed by atoms with Crippen molar-refractivity contribution in [1.82, 2.24) is 20.1 Å². The fourth-order valence-corrected chi connectivity index (χ4v) is 2.58. The topological polar surface area (TPSA) is 42.7 Å². The minimum Gasteiger partial charge on any atom is -0.306 e. The van der Waals surface area contributed by atoms with Gasteiger partial charge in [-0.15, -0.1) is 0 Å². The summed E-state index contributed by atoms with van der Waals surface area (Å²) in [5, 5.41) is 8.09. The second-order valence-corrected chi connectivity index (χ2v) is 5.55. The number of aromatic nitrogens is 3. The average molecular weight is 286 g/mol. The molecule has 0 saturated heterocycles. The number of hydrogen-bond acceptors (Lipinski definition) is 3. The van der Waals surface area contributed by atoms with Crippen molar-refractivity contribution < 1.29 is 0 Å². The predicted molar refractivity (Wildman–Crippen MR) is 86.4 cm³/mol. The summed E-state index contributed by atoms with van der Waals surface area (Å²) in [6.07, 6.45) is 6.33. The summed E-state index contributed by atoms with van der Waals surface area (Å²) in [4.78, 5) is 4.60. The van der Waals surface area contributed by atoms with Crippen molar-refractivity contribution in [1.29, 1.82) is 0 Å². The van der Waals surface area contributed by atoms with E-state index in [0.29, 0.717) is 0 Å². The number of rotatable bonds is 7. The summed E-state index contributed by atoms with van der Waals surface area (Å²) in [6, 6.07) is 4.44. The lowest BCUT2D eigenvalue weighted by Gasteiger charge is -2.19. The van der Waals surface area contributed by atoms with Gasteiger partial charge in [-0.1, -0.05) is 19.9 Å². The van der Waals surface area contributed by atoms with Crippen LogP contribution in [0.15, 0.2) is 24.5 Å². The Morgan fingerprint density at radius 3 is 2.67 bits per heavy atom. The van der Waals surface area contributed by atoms with Crippen LogP contribution < -0.4 is 5.32 Å². The molecule has 0 aliphatic heterocycles. The highest BCUT2D eigenvalue weighted by molar-refractivity contribution is 5.32. The van der Waals surface area contributed by atoms with Gasteiger partial charge in [0.05, 0.1) is 12.2 Å². The van der Waals surface area contributed by atoms with Crippen LogP contribution in [-0.2, 0) is 6.54 Å². The number of pyridine rings is 1. The van der Waals surface area contributed by atoms with Gasteiger partial charge >= 0.3 is 0 Å². The molecule has 0 radical (unpaired) electrons. The van der Waals surface area contributed by atoms with Gasteiger partial charge in [0, 0.05) is 29.7 Å². The molecule has 0 bridgehead atoms. The maximum absolute atomic E-state index is 4.60. The molecule has 1 unspecified atom stereocenters. The second-order valence-electron chi connectivity index (χ2n) is 5.55. The number of hydrogen-bond donors (Lipinski definition) is 1. The first-order chi connectivity index (χ1) is 10.2. The molecule has 0 fully saturated rings. The lowest BCUT2D eigenvalue weighted by Crippen LogP contribution is -2.24. The van der Waals surface area contributed by atoms with E-state index in [4.69, 9.17) is 0 Å². The third kappa shape index (κ3) is 3.91. The lowest BCUT2D eigenvalue weighted by atomic mass is 9.99. The molecule has 2 rings (SSSR count). The molecule has 2 aromatic heterocycles. The van der Waals surface area contributed by atoms with Crippen molar-refractivity contribution >= 4 is 0 Å². The third-order valence-electron chi connectivity index (χ3n) is 3.61. The summed E-state index contributed by atoms with van der Waals surface area (Å²) < 4.78 is 2.02. The lowest BCUT2D eigenvalue weighted by molar-refractivity contribution is 0.585. The molecule has 4 heteroatoms. The summed E-state index contributed by atoms with van der Waals surface area (Å²) in [6.45, 7) is 10.4. The number of aryl methyl sites for hydroxylation is 3. The molecule has 0 aliphatic rings. The molecule has 1 N–H and O–H groups in total. The fraction of sp³-hybridized carbons (Fsp3) is 0.529. The Labute approximate surface area is 127 Å². The van der Waals surface area contributed by atoms with Crippen molar-refractivity contribution in [2.24, 2.45) is 0 Å². The zero-order chi connectivity index (χ0) is 15.2. The third-order valence-corrected chi connectivity index (χ3v) is 3.61. The molecule has 0 aliphatic carbocycles. The van der Waals surface area contributed by atoms with Gasteiger partial charge in [0.25, 0.3) is 0 Å². The highest BCUT2D eigenvalue weighted by Gasteiger charge is 2.18. The van der Waals surface area contributed by atoms with E-state index in [1.165, 1.54) is 11.1 Å². The van der Waals surface area contributed by atoms with Crippen LogP contribution in [0.25, 0.3) is 0 Å². The summed E-state index contributed by atoms with van der Waals surface area (Å²) in [5.74, 6) is 0. The Kier molecular flexibility index (Phi) is 5.51. The molecule has 21 heavy (non-hydrogen) atoms. The highest BCUT2D eigenvalue weighted by Crippen LogP contribution is 2.24. The second kappa shape index (κ2) is 7.36. The van der Waals surface area contributed by atoms with Crippen LogP contribution in [-0.4, -0.2) is 21.3 Å². The first-order valence-corrected chi connectivity index (χ1v) is 7.85. The van der Waals surface area contributed by atoms with Crippen molar-refractivity contribution in [2.45, 2.75) is 53.1 Å². The maximum atomic E-state index is 4.60. The minimum absolute atomic E-state index is 0.170. The van der Waals surface area contributed by atoms with Crippen LogP contribution in [0.2, 0.25) is 0 Å². The molecule has 2 heterocycles. The van der Waals surface area contributed by atoms with Crippen molar-refractivity contribution in [3.05, 3.63) is 47.0 Å². The quantitative estimate of drug-likeness (QED) is 0.848. The van der Waals surface area contributed by atoms with E-state index >= 15 is 0 Å². The highest BCUT2D eigenvalue weighted by atomic mass is 15.3. The summed E-state index contributed by atoms with van der Waals surface area (Å²) in [5.41, 5.74) is 4.61. The van der Waals surface area contributed by atoms with Gasteiger partial charge in [-0.2, -0.15) is 5.10 Å². The molecule has 2 aromatic rings. The van der Waals surface area contributed by atoms with Gasteiger partial charge in [0.2, 0.25) is 0 Å². The van der Waals surface area contributed by atoms with E-state index < -0.39 is 0 Å². The van der Waals surface area contributed by atoms with Gasteiger partial charge in [-0.25, -0.2) is 0 Å². The van der Waals surface area contributed by atoms with Crippen LogP contribution in [0.3, 0.4) is 0 Å². The molecule has 0 aromatic carbocycles. The van der Waals surface area contributed by atoms with Crippen molar-refractivity contribution in [3.8, 4) is 0 Å². The van der Waals surface area contributed by atoms with E-state index in [9.17, 15) is 0 Å². The molecule has 1 atom stereocenters. The van der Waals surface area contributed by atoms with Crippen molar-refractivity contribution in [2.75, 3.05) is 6.54 Å².